The van der Waals surface area contributed by atoms with Crippen LogP contribution in [0.3, 0.4) is 0 Å². The highest BCUT2D eigenvalue weighted by Crippen LogP contribution is 2.24. The molecule has 3 nitrogen and oxygen atoms in total. The van der Waals surface area contributed by atoms with E-state index in [4.69, 9.17) is 5.73 Å². The Balaban J connectivity index is 2.64. The van der Waals surface area contributed by atoms with E-state index < -0.39 is 11.6 Å². The molecule has 1 aromatic carbocycles. The van der Waals surface area contributed by atoms with Crippen LogP contribution in [-0.2, 0) is 0 Å². The number of rotatable bonds is 1. The summed E-state index contributed by atoms with van der Waals surface area (Å²) in [6, 6.07) is 3.10. The van der Waals surface area contributed by atoms with Gasteiger partial charge in [-0.05, 0) is 18.2 Å². The maximum atomic E-state index is 13.3. The van der Waals surface area contributed by atoms with Gasteiger partial charge in [-0.3, -0.25) is 4.98 Å². The summed E-state index contributed by atoms with van der Waals surface area (Å²) in [7, 11) is 0. The first-order valence-corrected chi connectivity index (χ1v) is 4.20. The molecule has 0 aliphatic carbocycles. The average molecular weight is 207 g/mol. The van der Waals surface area contributed by atoms with E-state index in [1.54, 1.807) is 0 Å². The lowest BCUT2D eigenvalue weighted by molar-refractivity contribution is 0.602. The molecule has 15 heavy (non-hydrogen) atoms. The van der Waals surface area contributed by atoms with E-state index in [0.29, 0.717) is 0 Å². The molecule has 0 bridgehead atoms. The third-order valence-electron chi connectivity index (χ3n) is 1.91. The third-order valence-corrected chi connectivity index (χ3v) is 1.91. The Labute approximate surface area is 84.6 Å². The molecule has 1 heterocycles. The Morgan fingerprint density at radius 1 is 1.07 bits per heavy atom. The van der Waals surface area contributed by atoms with Gasteiger partial charge in [0.05, 0.1) is 0 Å². The quantitative estimate of drug-likeness (QED) is 0.778. The van der Waals surface area contributed by atoms with Crippen molar-refractivity contribution in [2.45, 2.75) is 0 Å². The predicted octanol–water partition coefficient (Wildman–Crippen LogP) is 2.00. The van der Waals surface area contributed by atoms with Crippen molar-refractivity contribution in [1.29, 1.82) is 0 Å². The van der Waals surface area contributed by atoms with Gasteiger partial charge in [-0.2, -0.15) is 0 Å². The number of anilines is 1. The highest BCUT2D eigenvalue weighted by atomic mass is 19.1. The van der Waals surface area contributed by atoms with Gasteiger partial charge in [0.25, 0.3) is 0 Å². The number of benzene rings is 1. The molecule has 0 saturated carbocycles. The molecule has 0 unspecified atom stereocenters. The zero-order valence-electron chi connectivity index (χ0n) is 7.61. The molecule has 2 rings (SSSR count). The van der Waals surface area contributed by atoms with Crippen molar-refractivity contribution in [3.05, 3.63) is 42.2 Å². The normalized spacial score (nSPS) is 10.3. The minimum Gasteiger partial charge on any atom is -0.382 e. The molecule has 0 radical (unpaired) electrons. The zero-order chi connectivity index (χ0) is 10.8. The number of nitrogens with two attached hydrogens (primary N) is 1. The molecule has 0 aliphatic rings. The van der Waals surface area contributed by atoms with Gasteiger partial charge in [-0.1, -0.05) is 0 Å². The second-order valence-electron chi connectivity index (χ2n) is 2.91. The van der Waals surface area contributed by atoms with E-state index in [1.165, 1.54) is 12.4 Å². The molecule has 2 N–H and O–H groups in total. The van der Waals surface area contributed by atoms with Crippen molar-refractivity contribution in [3.63, 3.8) is 0 Å². The summed E-state index contributed by atoms with van der Waals surface area (Å²) in [4.78, 5) is 7.61. The summed E-state index contributed by atoms with van der Waals surface area (Å²) in [5.74, 6) is -1.05. The van der Waals surface area contributed by atoms with Crippen LogP contribution in [0.25, 0.3) is 11.3 Å². The summed E-state index contributed by atoms with van der Waals surface area (Å²) in [6.45, 7) is 0. The molecule has 0 aliphatic heterocycles. The van der Waals surface area contributed by atoms with Crippen molar-refractivity contribution < 1.29 is 8.78 Å². The molecule has 0 amide bonds. The van der Waals surface area contributed by atoms with Gasteiger partial charge in [0.15, 0.2) is 0 Å². The van der Waals surface area contributed by atoms with Crippen LogP contribution in [-0.4, -0.2) is 9.97 Å². The van der Waals surface area contributed by atoms with Crippen molar-refractivity contribution in [1.82, 2.24) is 9.97 Å². The number of nitrogens with zero attached hydrogens (tertiary/aromatic N) is 2. The SMILES string of the molecule is Nc1nccnc1-c1cc(F)ccc1F. The van der Waals surface area contributed by atoms with E-state index in [1.807, 2.05) is 0 Å². The lowest BCUT2D eigenvalue weighted by atomic mass is 10.1. The number of hydrogen-bond acceptors (Lipinski definition) is 3. The summed E-state index contributed by atoms with van der Waals surface area (Å²) in [6.07, 6.45) is 2.76. The van der Waals surface area contributed by atoms with Gasteiger partial charge >= 0.3 is 0 Å². The molecule has 0 spiro atoms. The molecular formula is C10H7F2N3. The molecule has 0 saturated heterocycles. The van der Waals surface area contributed by atoms with E-state index in [2.05, 4.69) is 9.97 Å². The molecule has 2 aromatic rings. The molecule has 1 aromatic heterocycles. The molecular weight excluding hydrogens is 200 g/mol. The summed E-state index contributed by atoms with van der Waals surface area (Å²) in [5.41, 5.74) is 5.67. The van der Waals surface area contributed by atoms with Gasteiger partial charge in [-0.25, -0.2) is 13.8 Å². The Kier molecular flexibility index (Phi) is 2.29. The minimum absolute atomic E-state index is 0.0144. The third kappa shape index (κ3) is 1.76. The first-order valence-electron chi connectivity index (χ1n) is 4.20. The lowest BCUT2D eigenvalue weighted by Gasteiger charge is -2.04. The Bertz CT molecular complexity index is 500. The predicted molar refractivity (Wildman–Crippen MR) is 51.8 cm³/mol. The van der Waals surface area contributed by atoms with E-state index >= 15 is 0 Å². The molecule has 0 atom stereocenters. The van der Waals surface area contributed by atoms with E-state index in [0.717, 1.165) is 18.2 Å². The van der Waals surface area contributed by atoms with Crippen molar-refractivity contribution in [3.8, 4) is 11.3 Å². The second-order valence-corrected chi connectivity index (χ2v) is 2.91. The number of aromatic nitrogens is 2. The Morgan fingerprint density at radius 3 is 2.53 bits per heavy atom. The standard InChI is InChI=1S/C10H7F2N3/c11-6-1-2-8(12)7(5-6)9-10(13)15-4-3-14-9/h1-5H,(H2,13,15). The van der Waals surface area contributed by atoms with Gasteiger partial charge in [0.1, 0.15) is 23.1 Å². The van der Waals surface area contributed by atoms with Crippen LogP contribution in [0.5, 0.6) is 0 Å². The van der Waals surface area contributed by atoms with Gasteiger partial charge < -0.3 is 5.73 Å². The minimum atomic E-state index is -0.580. The zero-order valence-corrected chi connectivity index (χ0v) is 7.61. The van der Waals surface area contributed by atoms with Crippen molar-refractivity contribution >= 4 is 5.82 Å². The number of hydrogen-bond donors (Lipinski definition) is 1. The van der Waals surface area contributed by atoms with Crippen LogP contribution in [0.2, 0.25) is 0 Å². The highest BCUT2D eigenvalue weighted by molar-refractivity contribution is 5.69. The van der Waals surface area contributed by atoms with Crippen LogP contribution < -0.4 is 5.73 Å². The van der Waals surface area contributed by atoms with Crippen LogP contribution in [0.15, 0.2) is 30.6 Å². The topological polar surface area (TPSA) is 51.8 Å². The first kappa shape index (κ1) is 9.51. The first-order chi connectivity index (χ1) is 7.18. The van der Waals surface area contributed by atoms with Crippen LogP contribution in [0.1, 0.15) is 0 Å². The lowest BCUT2D eigenvalue weighted by Crippen LogP contribution is -1.98. The largest absolute Gasteiger partial charge is 0.382 e. The van der Waals surface area contributed by atoms with E-state index in [-0.39, 0.29) is 17.1 Å². The summed E-state index contributed by atoms with van der Waals surface area (Å²) >= 11 is 0. The smallest absolute Gasteiger partial charge is 0.150 e. The van der Waals surface area contributed by atoms with Crippen LogP contribution in [0, 0.1) is 11.6 Å². The van der Waals surface area contributed by atoms with Crippen LogP contribution in [0.4, 0.5) is 14.6 Å². The average Bonchev–Trinajstić information content (AvgIpc) is 2.23. The summed E-state index contributed by atoms with van der Waals surface area (Å²) < 4.78 is 26.3. The van der Waals surface area contributed by atoms with Gasteiger partial charge in [0, 0.05) is 18.0 Å². The molecule has 5 heteroatoms. The van der Waals surface area contributed by atoms with Gasteiger partial charge in [-0.15, -0.1) is 0 Å². The van der Waals surface area contributed by atoms with Crippen molar-refractivity contribution in [2.24, 2.45) is 0 Å². The van der Waals surface area contributed by atoms with Crippen molar-refractivity contribution in [2.75, 3.05) is 5.73 Å². The van der Waals surface area contributed by atoms with Gasteiger partial charge in [0.2, 0.25) is 0 Å². The second kappa shape index (κ2) is 3.61. The Morgan fingerprint density at radius 2 is 1.80 bits per heavy atom. The summed E-state index contributed by atoms with van der Waals surface area (Å²) in [5, 5.41) is 0. The molecule has 0 fully saturated rings. The number of halogens is 2. The maximum Gasteiger partial charge on any atom is 0.150 e. The maximum absolute atomic E-state index is 13.3. The van der Waals surface area contributed by atoms with E-state index in [9.17, 15) is 8.78 Å². The fourth-order valence-corrected chi connectivity index (χ4v) is 1.24. The Hall–Kier alpha value is -2.04. The monoisotopic (exact) mass is 207 g/mol. The molecule has 76 valence electrons. The van der Waals surface area contributed by atoms with Crippen LogP contribution >= 0.6 is 0 Å². The fourth-order valence-electron chi connectivity index (χ4n) is 1.24. The number of nitrogen functional groups attached to an aromatic ring is 1. The highest BCUT2D eigenvalue weighted by Gasteiger charge is 2.11. The fraction of sp³-hybridized carbons (Fsp3) is 0.